The number of halogens is 3. The molecule has 522 valence electrons. The summed E-state index contributed by atoms with van der Waals surface area (Å²) in [6.07, 6.45) is 8.00. The minimum atomic E-state index is -4.17. The van der Waals surface area contributed by atoms with Crippen LogP contribution < -0.4 is 31.3 Å². The lowest BCUT2D eigenvalue weighted by Crippen LogP contribution is -2.57. The van der Waals surface area contributed by atoms with Gasteiger partial charge in [-0.1, -0.05) is 97.3 Å². The fraction of sp³-hybridized carbons (Fsp3) is 0.567. The number of ether oxygens (including phenoxy) is 7. The second kappa shape index (κ2) is 41.5. The van der Waals surface area contributed by atoms with Crippen molar-refractivity contribution in [2.75, 3.05) is 124 Å². The van der Waals surface area contributed by atoms with Crippen molar-refractivity contribution in [1.29, 1.82) is 0 Å². The minimum Gasteiger partial charge on any atom is -0.495 e. The van der Waals surface area contributed by atoms with Crippen LogP contribution >= 0.6 is 11.3 Å². The number of carbonyl (C=O) groups is 7. The van der Waals surface area contributed by atoms with Crippen molar-refractivity contribution in [3.63, 3.8) is 0 Å². The molecule has 0 spiro atoms. The van der Waals surface area contributed by atoms with E-state index in [0.717, 1.165) is 60.1 Å². The van der Waals surface area contributed by atoms with Crippen LogP contribution in [0.5, 0.6) is 5.75 Å². The molecule has 2 saturated carbocycles. The number of carbonyl (C=O) groups excluding carboxylic acids is 6. The Labute approximate surface area is 557 Å². The number of allylic oxidation sites excluding steroid dienone is 1. The highest BCUT2D eigenvalue weighted by atomic mass is 32.1. The van der Waals surface area contributed by atoms with E-state index in [1.165, 1.54) is 13.3 Å². The molecular formula is C67H92F3N9O15S. The van der Waals surface area contributed by atoms with Gasteiger partial charge in [0, 0.05) is 37.8 Å². The number of methoxy groups -OCH3 is 1. The third-order valence-electron chi connectivity index (χ3n) is 16.5. The highest BCUT2D eigenvalue weighted by molar-refractivity contribution is 7.20. The summed E-state index contributed by atoms with van der Waals surface area (Å²) >= 11 is 1.11. The third-order valence-corrected chi connectivity index (χ3v) is 17.4. The van der Waals surface area contributed by atoms with E-state index in [9.17, 15) is 41.9 Å². The zero-order chi connectivity index (χ0) is 68.4. The second-order valence-corrected chi connectivity index (χ2v) is 24.2. The molecule has 3 atom stereocenters. The van der Waals surface area contributed by atoms with E-state index in [4.69, 9.17) is 43.1 Å². The first kappa shape index (κ1) is 76.6. The number of likely N-dealkylation sites (tertiary alicyclic amines) is 1. The molecule has 6 N–H and O–H groups in total. The Balaban J connectivity index is 0.00000467. The molecule has 2 aromatic heterocycles. The van der Waals surface area contributed by atoms with Gasteiger partial charge in [-0.2, -0.15) is 13.2 Å². The van der Waals surface area contributed by atoms with E-state index < -0.39 is 42.0 Å². The van der Waals surface area contributed by atoms with Crippen molar-refractivity contribution in [2.45, 2.75) is 115 Å². The Morgan fingerprint density at radius 2 is 1.40 bits per heavy atom. The summed E-state index contributed by atoms with van der Waals surface area (Å²) in [4.78, 5) is 101. The first-order valence-corrected chi connectivity index (χ1v) is 33.1. The molecule has 95 heavy (non-hydrogen) atoms. The number of nitrogens with zero attached hydrogens (tertiary/aromatic N) is 4. The van der Waals surface area contributed by atoms with Gasteiger partial charge in [0.1, 0.15) is 40.8 Å². The zero-order valence-corrected chi connectivity index (χ0v) is 55.4. The van der Waals surface area contributed by atoms with Crippen LogP contribution in [0.4, 0.5) is 23.3 Å². The van der Waals surface area contributed by atoms with Gasteiger partial charge < -0.3 is 69.3 Å². The summed E-state index contributed by atoms with van der Waals surface area (Å²) in [6.45, 7) is 5.78. The Morgan fingerprint density at radius 3 is 2.02 bits per heavy atom. The Hall–Kier alpha value is -7.44. The highest BCUT2D eigenvalue weighted by Gasteiger charge is 2.43. The van der Waals surface area contributed by atoms with Crippen molar-refractivity contribution >= 4 is 69.5 Å². The zero-order valence-electron chi connectivity index (χ0n) is 54.6. The number of aromatic nitrogens is 2. The molecule has 0 unspecified atom stereocenters. The maximum absolute atomic E-state index is 14.3. The molecule has 2 aliphatic carbocycles. The average Bonchev–Trinajstić information content (AvgIpc) is 1.85. The van der Waals surface area contributed by atoms with Gasteiger partial charge in [0.2, 0.25) is 23.6 Å². The predicted molar refractivity (Wildman–Crippen MR) is 350 cm³/mol. The second-order valence-electron chi connectivity index (χ2n) is 23.2. The van der Waals surface area contributed by atoms with Gasteiger partial charge in [0.05, 0.1) is 104 Å². The molecule has 6 amide bonds. The maximum atomic E-state index is 14.3. The number of anilines is 2. The number of amides is 6. The topological polar surface area (TPSA) is 297 Å². The van der Waals surface area contributed by atoms with Crippen LogP contribution in [0.2, 0.25) is 0 Å². The number of nitrogens with one attached hydrogen (secondary N) is 5. The van der Waals surface area contributed by atoms with Gasteiger partial charge in [-0.15, -0.1) is 0 Å². The van der Waals surface area contributed by atoms with Gasteiger partial charge in [-0.05, 0) is 94.4 Å². The summed E-state index contributed by atoms with van der Waals surface area (Å²) in [5.74, 6) is -2.63. The van der Waals surface area contributed by atoms with Crippen LogP contribution in [-0.2, 0) is 70.2 Å². The van der Waals surface area contributed by atoms with Gasteiger partial charge in [0.15, 0.2) is 5.13 Å². The molecule has 1 aliphatic heterocycles. The number of hydrogen-bond donors (Lipinski definition) is 6. The Kier molecular flexibility index (Phi) is 33.5. The monoisotopic (exact) mass is 1350 g/mol. The molecule has 3 heterocycles. The Bertz CT molecular complexity index is 3060. The number of thiazole rings is 1. The van der Waals surface area contributed by atoms with Crippen molar-refractivity contribution in [1.82, 2.24) is 35.7 Å². The van der Waals surface area contributed by atoms with Crippen LogP contribution in [-0.4, -0.2) is 205 Å². The molecule has 4 aromatic rings. The van der Waals surface area contributed by atoms with Crippen LogP contribution in [0.3, 0.4) is 0 Å². The molecule has 24 nitrogen and oxygen atoms in total. The van der Waals surface area contributed by atoms with E-state index in [-0.39, 0.29) is 98.4 Å². The molecule has 1 saturated heterocycles. The molecular weight excluding hydrogens is 1260 g/mol. The fourth-order valence-electron chi connectivity index (χ4n) is 11.1. The molecule has 3 aliphatic rings. The molecule has 2 aromatic carbocycles. The van der Waals surface area contributed by atoms with Gasteiger partial charge >= 0.3 is 6.18 Å². The summed E-state index contributed by atoms with van der Waals surface area (Å²) in [5.41, 5.74) is 3.55. The van der Waals surface area contributed by atoms with Gasteiger partial charge in [0.25, 0.3) is 18.3 Å². The lowest BCUT2D eigenvalue weighted by molar-refractivity contribution is -0.183. The molecule has 3 fully saturated rings. The number of carboxylic acid groups (broad SMARTS) is 1. The van der Waals surface area contributed by atoms with Crippen molar-refractivity contribution in [3.05, 3.63) is 95.3 Å². The number of hydrogen-bond acceptors (Lipinski definition) is 18. The first-order valence-electron chi connectivity index (χ1n) is 32.3. The van der Waals surface area contributed by atoms with E-state index in [0.29, 0.717) is 120 Å². The van der Waals surface area contributed by atoms with Crippen LogP contribution in [0.1, 0.15) is 105 Å². The molecule has 0 bridgehead atoms. The number of pyridine rings is 1. The average molecular weight is 1350 g/mol. The standard InChI is InChI=1S/C66H90F3N9O13S.CH2O2/c1-45(70-2)60(81)74-59(50-17-9-6-10-18-50)64(84)78-26-12-19-54(78)62(83)76-63-58(49-15-7-5-8-16-49)75-65(92-63)73-56(79)44-91-38-37-90-36-35-89-34-33-88-32-31-87-30-29-86-28-27-77(3)57(80)40-47-13-11-14-48(39-47)42-72-61(82)53-41-51(55(85-4)43-71-53)23-20-46-21-24-52(25-22-46)66(67,68)69;2-1-3/h5,7-8,11,13-16,20,23,39,41,43,45-46,50,52,54,59,70H,6,9-10,12,17-19,21-22,24-38,40,42,44H2,1-4H3,(H,72,82)(H,74,81)(H,76,83)(H,73,75,79);1H,(H,2,3)/b23-20+;/t45-,46?,52?,54-,59-;/m0./s1. The van der Waals surface area contributed by atoms with Gasteiger partial charge in [-0.3, -0.25) is 38.9 Å². The van der Waals surface area contributed by atoms with Crippen molar-refractivity contribution in [3.8, 4) is 17.0 Å². The third kappa shape index (κ3) is 26.2. The fourth-order valence-corrected chi connectivity index (χ4v) is 12.0. The normalized spacial score (nSPS) is 17.3. The summed E-state index contributed by atoms with van der Waals surface area (Å²) in [7, 11) is 4.89. The SMILES string of the molecule is CN[C@@H](C)C(=O)N[C@H](C(=O)N1CCC[C@H]1C(=O)Nc1sc(NC(=O)COCCOCCOCCOCCOCCOCCN(C)C(=O)Cc2cccc(CNC(=O)c3cc(/C=C/C4CCC(C(F)(F)F)CC4)c(OC)cn3)c2)nc1-c1ccccc1)C1CCCCC1.O=CO. The summed E-state index contributed by atoms with van der Waals surface area (Å²) < 4.78 is 78.4. The van der Waals surface area contributed by atoms with E-state index in [1.54, 1.807) is 43.0 Å². The largest absolute Gasteiger partial charge is 0.495 e. The van der Waals surface area contributed by atoms with Crippen LogP contribution in [0, 0.1) is 17.8 Å². The van der Waals surface area contributed by atoms with Crippen LogP contribution in [0.15, 0.2) is 72.9 Å². The smallest absolute Gasteiger partial charge is 0.391 e. The van der Waals surface area contributed by atoms with E-state index in [1.807, 2.05) is 60.7 Å². The Morgan fingerprint density at radius 1 is 0.779 bits per heavy atom. The number of benzene rings is 2. The predicted octanol–water partition coefficient (Wildman–Crippen LogP) is 7.57. The number of rotatable bonds is 37. The van der Waals surface area contributed by atoms with E-state index >= 15 is 0 Å². The van der Waals surface area contributed by atoms with Gasteiger partial charge in [-0.25, -0.2) is 9.97 Å². The number of likely N-dealkylation sites (N-methyl/N-ethyl adjacent to an activating group) is 2. The lowest BCUT2D eigenvalue weighted by atomic mass is 9.81. The lowest BCUT2D eigenvalue weighted by Gasteiger charge is -2.35. The summed E-state index contributed by atoms with van der Waals surface area (Å²) in [5, 5.41) is 22.2. The van der Waals surface area contributed by atoms with Crippen molar-refractivity contribution in [2.24, 2.45) is 17.8 Å². The quantitative estimate of drug-likeness (QED) is 0.0187. The highest BCUT2D eigenvalue weighted by Crippen LogP contribution is 2.41. The maximum Gasteiger partial charge on any atom is 0.391 e. The first-order chi connectivity index (χ1) is 45.9. The van der Waals surface area contributed by atoms with Crippen LogP contribution in [0.25, 0.3) is 17.3 Å². The van der Waals surface area contributed by atoms with E-state index in [2.05, 4.69) is 36.6 Å². The molecule has 0 radical (unpaired) electrons. The molecule has 28 heteroatoms. The van der Waals surface area contributed by atoms with Crippen molar-refractivity contribution < 1.29 is 85.0 Å². The molecule has 7 rings (SSSR count). The number of alkyl halides is 3. The summed E-state index contributed by atoms with van der Waals surface area (Å²) in [6, 6.07) is 16.3. The minimum absolute atomic E-state index is 0.000236.